The fraction of sp³-hybridized carbons (Fsp3) is 0.500. The maximum atomic E-state index is 13.1. The average molecular weight is 843 g/mol. The Bertz CT molecular complexity index is 2010. The summed E-state index contributed by atoms with van der Waals surface area (Å²) in [5, 5.41) is 15.8. The molecule has 0 saturated carbocycles. The molecule has 8 amide bonds. The Kier molecular flexibility index (Phi) is 16.4. The van der Waals surface area contributed by atoms with Crippen molar-refractivity contribution in [3.05, 3.63) is 59.7 Å². The van der Waals surface area contributed by atoms with Crippen LogP contribution in [-0.2, 0) is 32.2 Å². The molecular weight excluding hydrogens is 785 g/mol. The average Bonchev–Trinajstić information content (AvgIpc) is 3.19. The number of urea groups is 2. The Morgan fingerprint density at radius 2 is 1.00 bits per heavy atom. The molecule has 17 heteroatoms. The molecule has 17 nitrogen and oxygen atoms in total. The second kappa shape index (κ2) is 21.2. The fourth-order valence-corrected chi connectivity index (χ4v) is 6.28. The highest BCUT2D eigenvalue weighted by Crippen LogP contribution is 2.17. The van der Waals surface area contributed by atoms with Crippen molar-refractivity contribution >= 4 is 47.4 Å². The van der Waals surface area contributed by atoms with Crippen molar-refractivity contribution in [2.75, 3.05) is 77.1 Å². The lowest BCUT2D eigenvalue weighted by atomic mass is 10.2. The molecule has 0 spiro atoms. The van der Waals surface area contributed by atoms with Crippen molar-refractivity contribution in [2.24, 2.45) is 0 Å². The van der Waals surface area contributed by atoms with Gasteiger partial charge in [-0.3, -0.25) is 20.2 Å². The van der Waals surface area contributed by atoms with Crippen LogP contribution in [0.15, 0.2) is 48.5 Å². The van der Waals surface area contributed by atoms with Crippen molar-refractivity contribution in [1.29, 1.82) is 0 Å². The molecule has 2 aliphatic rings. The van der Waals surface area contributed by atoms with Crippen LogP contribution in [0.5, 0.6) is 0 Å². The number of amides is 8. The number of benzene rings is 2. The number of aliphatic hydroxyl groups is 1. The van der Waals surface area contributed by atoms with Gasteiger partial charge in [-0.25, -0.2) is 19.2 Å². The zero-order valence-electron chi connectivity index (χ0n) is 36.4. The number of aliphatic hydroxyl groups excluding tert-OH is 1. The van der Waals surface area contributed by atoms with Crippen LogP contribution in [0.25, 0.3) is 0 Å². The quantitative estimate of drug-likeness (QED) is 0.328. The SMILES string of the molecule is CN(Cc1ccc(NC(=O)OC(C)(C)C)cc1)C(=O)N1CCN(C(=O)CC#CC#CC(O)C(=O)N2CCN(C(=O)N(C)Cc3ccc(NC(=O)OC(C)(C)C)cc3)CC2)CC1. The summed E-state index contributed by atoms with van der Waals surface area (Å²) in [6, 6.07) is 13.9. The van der Waals surface area contributed by atoms with Gasteiger partial charge < -0.3 is 44.0 Å². The number of piperazine rings is 2. The highest BCUT2D eigenvalue weighted by atomic mass is 16.6. The molecule has 2 fully saturated rings. The van der Waals surface area contributed by atoms with Crippen molar-refractivity contribution in [3.8, 4) is 23.7 Å². The number of hydrogen-bond donors (Lipinski definition) is 3. The van der Waals surface area contributed by atoms with Gasteiger partial charge in [0.05, 0.1) is 6.42 Å². The summed E-state index contributed by atoms with van der Waals surface area (Å²) in [4.78, 5) is 85.5. The zero-order chi connectivity index (χ0) is 44.9. The van der Waals surface area contributed by atoms with Gasteiger partial charge >= 0.3 is 24.2 Å². The van der Waals surface area contributed by atoms with Crippen molar-refractivity contribution < 1.29 is 43.3 Å². The van der Waals surface area contributed by atoms with Gasteiger partial charge in [0.15, 0.2) is 6.10 Å². The standard InChI is InChI=1S/C44H58N8O9/c1-43(2,3)60-39(56)45-34-18-14-32(15-19-34)30-47(7)41(58)51-26-22-49(23-27-51)37(54)13-11-9-10-12-36(53)38(55)50-24-28-52(29-25-50)42(59)48(8)31-33-16-20-35(21-17-33)46-40(57)61-44(4,5)6/h14-21,36,53H,13,22-31H2,1-8H3,(H,45,56)(H,46,57). The molecule has 4 rings (SSSR count). The van der Waals surface area contributed by atoms with E-state index in [9.17, 15) is 33.9 Å². The smallest absolute Gasteiger partial charge is 0.412 e. The molecule has 1 atom stereocenters. The summed E-state index contributed by atoms with van der Waals surface area (Å²) < 4.78 is 10.5. The second-order valence-electron chi connectivity index (χ2n) is 16.8. The molecule has 3 N–H and O–H groups in total. The maximum Gasteiger partial charge on any atom is 0.412 e. The number of carbonyl (C=O) groups is 6. The lowest BCUT2D eigenvalue weighted by molar-refractivity contribution is -0.138. The van der Waals surface area contributed by atoms with Crippen LogP contribution < -0.4 is 10.6 Å². The van der Waals surface area contributed by atoms with Gasteiger partial charge in [-0.15, -0.1) is 0 Å². The summed E-state index contributed by atoms with van der Waals surface area (Å²) >= 11 is 0. The lowest BCUT2D eigenvalue weighted by Crippen LogP contribution is -2.54. The Labute approximate surface area is 358 Å². The molecule has 2 aromatic rings. The molecule has 0 aliphatic carbocycles. The van der Waals surface area contributed by atoms with E-state index < -0.39 is 35.4 Å². The predicted molar refractivity (Wildman–Crippen MR) is 229 cm³/mol. The molecule has 0 bridgehead atoms. The number of rotatable bonds is 8. The maximum absolute atomic E-state index is 13.1. The van der Waals surface area contributed by atoms with Crippen molar-refractivity contribution in [1.82, 2.24) is 29.4 Å². The summed E-state index contributed by atoms with van der Waals surface area (Å²) in [7, 11) is 3.39. The summed E-state index contributed by atoms with van der Waals surface area (Å²) in [6.45, 7) is 13.8. The number of ether oxygens (including phenoxy) is 2. The van der Waals surface area contributed by atoms with Crippen LogP contribution in [0.4, 0.5) is 30.6 Å². The first-order valence-corrected chi connectivity index (χ1v) is 20.1. The van der Waals surface area contributed by atoms with Crippen LogP contribution in [0.3, 0.4) is 0 Å². The molecule has 2 saturated heterocycles. The van der Waals surface area contributed by atoms with Gasteiger partial charge in [-0.1, -0.05) is 30.2 Å². The third-order valence-corrected chi connectivity index (χ3v) is 9.29. The highest BCUT2D eigenvalue weighted by molar-refractivity contribution is 5.86. The second-order valence-corrected chi connectivity index (χ2v) is 16.8. The van der Waals surface area contributed by atoms with Crippen LogP contribution >= 0.6 is 0 Å². The van der Waals surface area contributed by atoms with Gasteiger partial charge in [0, 0.05) is 90.9 Å². The Hall–Kier alpha value is -6.46. The molecule has 0 aromatic heterocycles. The fourth-order valence-electron chi connectivity index (χ4n) is 6.28. The zero-order valence-corrected chi connectivity index (χ0v) is 36.4. The van der Waals surface area contributed by atoms with Gasteiger partial charge in [0.1, 0.15) is 11.2 Å². The van der Waals surface area contributed by atoms with Crippen LogP contribution in [-0.4, -0.2) is 154 Å². The summed E-state index contributed by atoms with van der Waals surface area (Å²) in [5.41, 5.74) is 1.66. The number of carbonyl (C=O) groups excluding carboxylic acids is 6. The minimum absolute atomic E-state index is 0.105. The molecule has 0 radical (unpaired) electrons. The topological polar surface area (TPSA) is 185 Å². The predicted octanol–water partition coefficient (Wildman–Crippen LogP) is 4.23. The number of nitrogens with zero attached hydrogens (tertiary/aromatic N) is 6. The van der Waals surface area contributed by atoms with Gasteiger partial charge in [-0.2, -0.15) is 0 Å². The van der Waals surface area contributed by atoms with E-state index in [-0.39, 0.29) is 50.6 Å². The van der Waals surface area contributed by atoms with E-state index in [2.05, 4.69) is 34.3 Å². The summed E-state index contributed by atoms with van der Waals surface area (Å²) in [6.07, 6.45) is -2.81. The molecule has 2 heterocycles. The van der Waals surface area contributed by atoms with E-state index in [1.165, 1.54) is 4.90 Å². The minimum atomic E-state index is -1.60. The van der Waals surface area contributed by atoms with Crippen molar-refractivity contribution in [3.63, 3.8) is 0 Å². The monoisotopic (exact) mass is 842 g/mol. The first-order valence-electron chi connectivity index (χ1n) is 20.1. The molecular formula is C44H58N8O9. The van der Waals surface area contributed by atoms with Crippen LogP contribution in [0, 0.1) is 23.7 Å². The molecule has 1 unspecified atom stereocenters. The Balaban J connectivity index is 1.12. The van der Waals surface area contributed by atoms with Crippen molar-refractivity contribution in [2.45, 2.75) is 78.4 Å². The van der Waals surface area contributed by atoms with E-state index in [0.29, 0.717) is 50.6 Å². The molecule has 61 heavy (non-hydrogen) atoms. The van der Waals surface area contributed by atoms with E-state index >= 15 is 0 Å². The molecule has 2 aliphatic heterocycles. The Morgan fingerprint density at radius 3 is 1.39 bits per heavy atom. The largest absolute Gasteiger partial charge is 0.444 e. The minimum Gasteiger partial charge on any atom is -0.444 e. The van der Waals surface area contributed by atoms with Gasteiger partial charge in [0.2, 0.25) is 5.91 Å². The third kappa shape index (κ3) is 15.6. The highest BCUT2D eigenvalue weighted by Gasteiger charge is 2.29. The number of anilines is 2. The summed E-state index contributed by atoms with van der Waals surface area (Å²) in [5.74, 6) is 9.31. The Morgan fingerprint density at radius 1 is 0.623 bits per heavy atom. The lowest BCUT2D eigenvalue weighted by Gasteiger charge is -2.37. The number of hydrogen-bond acceptors (Lipinski definition) is 9. The van der Waals surface area contributed by atoms with Crippen LogP contribution in [0.1, 0.15) is 59.1 Å². The third-order valence-electron chi connectivity index (χ3n) is 9.29. The molecule has 2 aromatic carbocycles. The number of nitrogens with one attached hydrogen (secondary N) is 2. The molecule has 328 valence electrons. The first kappa shape index (κ1) is 47.2. The van der Waals surface area contributed by atoms with E-state index in [0.717, 1.165) is 11.1 Å². The van der Waals surface area contributed by atoms with E-state index in [1.54, 1.807) is 104 Å². The normalized spacial score (nSPS) is 14.6. The van der Waals surface area contributed by atoms with E-state index in [1.807, 2.05) is 24.3 Å². The van der Waals surface area contributed by atoms with E-state index in [4.69, 9.17) is 9.47 Å². The first-order chi connectivity index (χ1) is 28.7. The van der Waals surface area contributed by atoms with Gasteiger partial charge in [0.25, 0.3) is 5.91 Å². The van der Waals surface area contributed by atoms with Gasteiger partial charge in [-0.05, 0) is 94.7 Å². The van der Waals surface area contributed by atoms with Crippen LogP contribution in [0.2, 0.25) is 0 Å².